The van der Waals surface area contributed by atoms with E-state index in [4.69, 9.17) is 19.7 Å². The van der Waals surface area contributed by atoms with Crippen LogP contribution in [-0.4, -0.2) is 67.0 Å². The maximum Gasteiger partial charge on any atom is 0.326 e. The quantitative estimate of drug-likeness (QED) is 0.0281. The highest BCUT2D eigenvalue weighted by molar-refractivity contribution is 8.16. The zero-order valence-corrected chi connectivity index (χ0v) is 45.3. The number of aromatic nitrogens is 1. The molecule has 2 aliphatic rings. The van der Waals surface area contributed by atoms with E-state index in [-0.39, 0.29) is 28.8 Å². The first-order valence-electron chi connectivity index (χ1n) is 25.8. The molecule has 2 N–H and O–H groups in total. The van der Waals surface area contributed by atoms with Gasteiger partial charge in [-0.3, -0.25) is 19.2 Å². The zero-order chi connectivity index (χ0) is 54.2. The van der Waals surface area contributed by atoms with Gasteiger partial charge in [-0.2, -0.15) is 0 Å². The third-order valence-electron chi connectivity index (χ3n) is 14.2. The molecule has 3 heterocycles. The van der Waals surface area contributed by atoms with E-state index in [2.05, 4.69) is 47.0 Å². The Kier molecular flexibility index (Phi) is 15.4. The molecular formula is C65H53N5O6S3. The second kappa shape index (κ2) is 23.2. The molecule has 2 unspecified atom stereocenters. The van der Waals surface area contributed by atoms with Crippen molar-refractivity contribution in [2.45, 2.75) is 40.3 Å². The number of thiazole rings is 1. The van der Waals surface area contributed by atoms with Gasteiger partial charge in [-0.05, 0) is 27.8 Å². The Labute approximate surface area is 471 Å². The summed E-state index contributed by atoms with van der Waals surface area (Å²) >= 11 is 3.47. The van der Waals surface area contributed by atoms with E-state index in [1.165, 1.54) is 34.9 Å². The highest BCUT2D eigenvalue weighted by atomic mass is 32.2. The Morgan fingerprint density at radius 2 is 1.05 bits per heavy atom. The molecule has 11 nitrogen and oxygen atoms in total. The average Bonchev–Trinajstić information content (AvgIpc) is 4.10. The molecule has 9 aromatic rings. The number of benzene rings is 8. The number of hydrogen-bond donors (Lipinski definition) is 2. The maximum atomic E-state index is 15.3. The van der Waals surface area contributed by atoms with Gasteiger partial charge in [0.1, 0.15) is 27.4 Å². The Hall–Kier alpha value is -8.56. The van der Waals surface area contributed by atoms with E-state index in [0.29, 0.717) is 5.13 Å². The van der Waals surface area contributed by atoms with Crippen LogP contribution < -0.4 is 10.6 Å². The first kappa shape index (κ1) is 52.5. The number of nitrogens with one attached hydrogen (secondary N) is 2. The van der Waals surface area contributed by atoms with Crippen LogP contribution in [-0.2, 0) is 39.9 Å². The van der Waals surface area contributed by atoms with Gasteiger partial charge >= 0.3 is 5.97 Å². The second-order valence-corrected chi connectivity index (χ2v) is 22.7. The number of thioether (sulfide) groups is 2. The number of hydrogen-bond acceptors (Lipinski definition) is 12. The van der Waals surface area contributed by atoms with E-state index < -0.39 is 51.2 Å². The zero-order valence-electron chi connectivity index (χ0n) is 42.8. The summed E-state index contributed by atoms with van der Waals surface area (Å²) in [5.41, 5.74) is 4.37. The molecule has 2 saturated heterocycles. The van der Waals surface area contributed by atoms with Crippen LogP contribution in [0.15, 0.2) is 253 Å². The summed E-state index contributed by atoms with van der Waals surface area (Å²) < 4.78 is 4.93. The van der Waals surface area contributed by atoms with Crippen molar-refractivity contribution in [1.82, 2.24) is 15.2 Å². The summed E-state index contributed by atoms with van der Waals surface area (Å²) in [6.45, 7) is 1.29. The van der Waals surface area contributed by atoms with Crippen molar-refractivity contribution >= 4 is 68.6 Å². The summed E-state index contributed by atoms with van der Waals surface area (Å²) in [4.78, 5) is 71.2. The Bertz CT molecular complexity index is 3350. The Balaban J connectivity index is 0.954. The van der Waals surface area contributed by atoms with Crippen molar-refractivity contribution in [3.8, 4) is 0 Å². The highest BCUT2D eigenvalue weighted by Gasteiger charge is 2.59. The van der Waals surface area contributed by atoms with Gasteiger partial charge in [0, 0.05) is 41.3 Å². The fraction of sp³-hybridized carbons (Fsp3) is 0.138. The fourth-order valence-electron chi connectivity index (χ4n) is 10.4. The number of carbonyl (C=O) groups excluding carboxylic acids is 4. The molecule has 79 heavy (non-hydrogen) atoms. The summed E-state index contributed by atoms with van der Waals surface area (Å²) in [5, 5.41) is 13.1. The number of β-lactam (4-membered cyclic amide) rings is 1. The average molecular weight is 1100 g/mol. The number of esters is 1. The minimum atomic E-state index is -1.44. The number of amides is 2. The molecule has 8 aromatic carbocycles. The Morgan fingerprint density at radius 1 is 0.633 bits per heavy atom. The third kappa shape index (κ3) is 10.5. The smallest absolute Gasteiger partial charge is 0.326 e. The molecule has 14 heteroatoms. The summed E-state index contributed by atoms with van der Waals surface area (Å²) in [6, 6.07) is 77.3. The molecule has 3 atom stereocenters. The molecule has 0 bridgehead atoms. The molecule has 0 spiro atoms. The lowest BCUT2D eigenvalue weighted by molar-refractivity contribution is -0.156. The minimum absolute atomic E-state index is 0.111. The van der Waals surface area contributed by atoms with Crippen molar-refractivity contribution < 1.29 is 28.8 Å². The van der Waals surface area contributed by atoms with E-state index in [9.17, 15) is 14.4 Å². The van der Waals surface area contributed by atoms with Crippen molar-refractivity contribution in [3.05, 3.63) is 298 Å². The maximum absolute atomic E-state index is 15.3. The van der Waals surface area contributed by atoms with Gasteiger partial charge < -0.3 is 25.1 Å². The molecule has 11 rings (SSSR count). The van der Waals surface area contributed by atoms with Gasteiger partial charge in [-0.15, -0.1) is 23.1 Å². The molecule has 392 valence electrons. The summed E-state index contributed by atoms with van der Waals surface area (Å²) in [5.74, 6) is -1.63. The Morgan fingerprint density at radius 3 is 1.48 bits per heavy atom. The van der Waals surface area contributed by atoms with Gasteiger partial charge in [0.15, 0.2) is 22.1 Å². The number of anilines is 1. The molecule has 0 aliphatic carbocycles. The molecule has 2 fully saturated rings. The second-order valence-electron chi connectivity index (χ2n) is 19.1. The van der Waals surface area contributed by atoms with Crippen LogP contribution in [0.25, 0.3) is 0 Å². The minimum Gasteiger partial charge on any atom is -0.451 e. The largest absolute Gasteiger partial charge is 0.451 e. The van der Waals surface area contributed by atoms with Crippen LogP contribution in [0, 0.1) is 0 Å². The lowest BCUT2D eigenvalue weighted by Crippen LogP contribution is -2.75. The number of carbonyl (C=O) groups is 4. The standard InChI is InChI=1S/C65H53N5O6S3/c1-45(71)79-63(61(74)75-57(46-26-10-2-11-27-46)47-28-12-3-13-29-47)43-70-59(73)56(60(70)78-44-63)67-58(72)55(69-76-65(51-36-20-7-21-37-51,52-38-22-8-23-39-52)53-40-24-9-25-41-53)54-42-77-62(66-54)68-64(48-30-14-4-15-31-48,49-32-16-5-17-33-49)50-34-18-6-19-35-50/h2-42,56-57,60H,43-44H2,1H3,(H,66,68)(H,67,72)/t56?,60-,63?/m1/s1. The first-order chi connectivity index (χ1) is 38.7. The normalized spacial score (nSPS) is 17.2. The van der Waals surface area contributed by atoms with Gasteiger partial charge in [-0.1, -0.05) is 260 Å². The van der Waals surface area contributed by atoms with Gasteiger partial charge in [-0.25, -0.2) is 4.98 Å². The number of nitrogens with zero attached hydrogens (tertiary/aromatic N) is 3. The molecule has 0 saturated carbocycles. The van der Waals surface area contributed by atoms with Crippen molar-refractivity contribution in [3.63, 3.8) is 0 Å². The van der Waals surface area contributed by atoms with Crippen molar-refractivity contribution in [2.24, 2.45) is 5.16 Å². The predicted octanol–water partition coefficient (Wildman–Crippen LogP) is 12.0. The lowest BCUT2D eigenvalue weighted by Gasteiger charge is -2.53. The third-order valence-corrected chi connectivity index (χ3v) is 17.8. The van der Waals surface area contributed by atoms with Crippen LogP contribution in [0.3, 0.4) is 0 Å². The van der Waals surface area contributed by atoms with E-state index >= 15 is 4.79 Å². The molecular weight excluding hydrogens is 1040 g/mol. The van der Waals surface area contributed by atoms with Crippen LogP contribution in [0.4, 0.5) is 5.13 Å². The summed E-state index contributed by atoms with van der Waals surface area (Å²) in [7, 11) is 0. The molecule has 2 aliphatic heterocycles. The number of rotatable bonds is 18. The van der Waals surface area contributed by atoms with E-state index in [0.717, 1.165) is 56.3 Å². The fourth-order valence-corrected chi connectivity index (χ4v) is 13.9. The molecule has 1 aromatic heterocycles. The van der Waals surface area contributed by atoms with E-state index in [1.807, 2.05) is 206 Å². The number of fused-ring (bicyclic) bond motifs is 1. The lowest BCUT2D eigenvalue weighted by atomic mass is 9.77. The highest BCUT2D eigenvalue weighted by Crippen LogP contribution is 2.47. The van der Waals surface area contributed by atoms with Crippen LogP contribution in [0.2, 0.25) is 0 Å². The topological polar surface area (TPSA) is 139 Å². The van der Waals surface area contributed by atoms with Crippen LogP contribution >= 0.6 is 34.9 Å². The van der Waals surface area contributed by atoms with Crippen molar-refractivity contribution in [2.75, 3.05) is 17.6 Å². The van der Waals surface area contributed by atoms with Gasteiger partial charge in [0.2, 0.25) is 11.5 Å². The molecule has 0 radical (unpaired) electrons. The monoisotopic (exact) mass is 1100 g/mol. The van der Waals surface area contributed by atoms with Gasteiger partial charge in [0.25, 0.3) is 5.91 Å². The number of oxime groups is 1. The summed E-state index contributed by atoms with van der Waals surface area (Å²) in [6.07, 6.45) is -0.765. The van der Waals surface area contributed by atoms with Crippen molar-refractivity contribution in [1.29, 1.82) is 0 Å². The SMILES string of the molecule is CC(=O)SC1(C(=O)OC(c2ccccc2)c2ccccc2)CS[C@@H]2C(NC(=O)C(=NOC(c3ccccc3)(c3ccccc3)c3ccccc3)c3csc(NC(c4ccccc4)(c4ccccc4)c4ccccc4)n3)C(=O)N2C1. The first-order valence-corrected chi connectivity index (χ1v) is 28.5. The van der Waals surface area contributed by atoms with Gasteiger partial charge in [0.05, 0.1) is 0 Å². The number of ether oxygens (including phenoxy) is 1. The molecule has 2 amide bonds. The van der Waals surface area contributed by atoms with E-state index in [1.54, 1.807) is 5.38 Å². The predicted molar refractivity (Wildman–Crippen MR) is 313 cm³/mol. The van der Waals surface area contributed by atoms with Crippen LogP contribution in [0.1, 0.15) is 63.2 Å². The van der Waals surface area contributed by atoms with Crippen LogP contribution in [0.5, 0.6) is 0 Å².